The summed E-state index contributed by atoms with van der Waals surface area (Å²) in [5.41, 5.74) is 2.45. The van der Waals surface area contributed by atoms with Crippen molar-refractivity contribution in [3.63, 3.8) is 0 Å². The van der Waals surface area contributed by atoms with Crippen molar-refractivity contribution in [2.24, 2.45) is 5.41 Å². The lowest BCUT2D eigenvalue weighted by Gasteiger charge is -2.59. The maximum absolute atomic E-state index is 4.77. The quantitative estimate of drug-likeness (QED) is 0.679. The van der Waals surface area contributed by atoms with E-state index in [9.17, 15) is 0 Å². The molecule has 0 aliphatic carbocycles. The first kappa shape index (κ1) is 18.0. The maximum atomic E-state index is 4.77. The number of rotatable bonds is 4. The van der Waals surface area contributed by atoms with Gasteiger partial charge in [-0.2, -0.15) is 0 Å². The van der Waals surface area contributed by atoms with Gasteiger partial charge in [-0.1, -0.05) is 45.0 Å². The number of allylic oxidation sites excluding steroid dienone is 1. The minimum absolute atomic E-state index is 0.0372. The second kappa shape index (κ2) is 6.08. The topological polar surface area (TPSA) is 32.3 Å². The average molecular weight is 363 g/mol. The van der Waals surface area contributed by atoms with Gasteiger partial charge in [-0.05, 0) is 38.3 Å². The zero-order chi connectivity index (χ0) is 19.4. The predicted molar refractivity (Wildman–Crippen MR) is 113 cm³/mol. The highest BCUT2D eigenvalue weighted by Crippen LogP contribution is 2.63. The number of anilines is 3. The summed E-state index contributed by atoms with van der Waals surface area (Å²) in [5, 5.41) is 0. The Morgan fingerprint density at radius 2 is 1.78 bits per heavy atom. The van der Waals surface area contributed by atoms with Gasteiger partial charge in [0.25, 0.3) is 0 Å². The molecule has 0 N–H and O–H groups in total. The van der Waals surface area contributed by atoms with E-state index >= 15 is 0 Å². The first-order valence-corrected chi connectivity index (χ1v) is 10.1. The summed E-state index contributed by atoms with van der Waals surface area (Å²) in [5.74, 6) is 1.96. The molecule has 0 spiro atoms. The first-order valence-electron chi connectivity index (χ1n) is 10.1. The van der Waals surface area contributed by atoms with Gasteiger partial charge in [0.05, 0.1) is 0 Å². The Balaban J connectivity index is 2.11. The Hall–Kier alpha value is -2.36. The molecule has 1 aromatic carbocycles. The summed E-state index contributed by atoms with van der Waals surface area (Å²) in [6.45, 7) is 15.9. The van der Waals surface area contributed by atoms with E-state index in [0.717, 1.165) is 24.5 Å². The summed E-state index contributed by atoms with van der Waals surface area (Å²) in [6.07, 6.45) is 8.04. The van der Waals surface area contributed by atoms with Crippen LogP contribution in [0.15, 0.2) is 49.3 Å². The van der Waals surface area contributed by atoms with Gasteiger partial charge >= 0.3 is 0 Å². The molecule has 3 atom stereocenters. The zero-order valence-electron chi connectivity index (χ0n) is 17.1. The van der Waals surface area contributed by atoms with E-state index in [2.05, 4.69) is 81.3 Å². The maximum Gasteiger partial charge on any atom is 0.178 e. The molecule has 2 aromatic rings. The van der Waals surface area contributed by atoms with Crippen molar-refractivity contribution in [1.29, 1.82) is 0 Å². The molecule has 27 heavy (non-hydrogen) atoms. The molecular formula is C23H30N4. The number of nitrogens with zero attached hydrogens (tertiary/aromatic N) is 4. The van der Waals surface area contributed by atoms with Gasteiger partial charge in [-0.3, -0.25) is 0 Å². The summed E-state index contributed by atoms with van der Waals surface area (Å²) < 4.78 is 0. The summed E-state index contributed by atoms with van der Waals surface area (Å²) >= 11 is 0. The Bertz CT molecular complexity index is 876. The normalized spacial score (nSPS) is 28.7. The van der Waals surface area contributed by atoms with Crippen LogP contribution in [0.3, 0.4) is 0 Å². The molecule has 3 heterocycles. The summed E-state index contributed by atoms with van der Waals surface area (Å²) in [4.78, 5) is 14.4. The van der Waals surface area contributed by atoms with E-state index in [-0.39, 0.29) is 17.0 Å². The van der Waals surface area contributed by atoms with Crippen LogP contribution in [-0.2, 0) is 5.41 Å². The van der Waals surface area contributed by atoms with E-state index in [1.165, 1.54) is 11.3 Å². The molecule has 2 unspecified atom stereocenters. The van der Waals surface area contributed by atoms with Crippen LogP contribution in [0.5, 0.6) is 0 Å². The van der Waals surface area contributed by atoms with Gasteiger partial charge in [-0.25, -0.2) is 9.97 Å². The Morgan fingerprint density at radius 1 is 1.11 bits per heavy atom. The van der Waals surface area contributed by atoms with E-state index < -0.39 is 0 Å². The smallest absolute Gasteiger partial charge is 0.178 e. The molecule has 0 bridgehead atoms. The first-order chi connectivity index (χ1) is 13.0. The third-order valence-corrected chi connectivity index (χ3v) is 7.07. The highest BCUT2D eigenvalue weighted by Gasteiger charge is 2.61. The van der Waals surface area contributed by atoms with Crippen LogP contribution in [0.4, 0.5) is 17.3 Å². The molecule has 2 aliphatic heterocycles. The molecule has 0 amide bonds. The molecule has 0 fully saturated rings. The van der Waals surface area contributed by atoms with E-state index in [1.807, 2.05) is 6.20 Å². The lowest BCUT2D eigenvalue weighted by molar-refractivity contribution is 0.112. The molecular weight excluding hydrogens is 332 g/mol. The zero-order valence-corrected chi connectivity index (χ0v) is 17.1. The lowest BCUT2D eigenvalue weighted by atomic mass is 9.54. The SMILES string of the molecule is C=CC1(CC)c2ccccc2N2c3nccnc3N(C(C)C)[C@@H]2C1(C)CC. The Morgan fingerprint density at radius 3 is 2.37 bits per heavy atom. The fraction of sp³-hybridized carbons (Fsp3) is 0.478. The van der Waals surface area contributed by atoms with E-state index in [4.69, 9.17) is 9.97 Å². The van der Waals surface area contributed by atoms with Crippen molar-refractivity contribution in [1.82, 2.24) is 9.97 Å². The minimum Gasteiger partial charge on any atom is -0.330 e. The molecule has 2 aliphatic rings. The standard InChI is InChI=1S/C23H30N4/c1-7-22(6)21-26(16(4)5)19-20(25-15-14-24-19)27(21)18-13-11-10-12-17(18)23(22,8-2)9-3/h8,10-16,21H,2,7,9H2,1,3-6H3/t21-,22?,23?/m0/s1. The fourth-order valence-corrected chi connectivity index (χ4v) is 5.57. The van der Waals surface area contributed by atoms with Crippen LogP contribution < -0.4 is 9.80 Å². The molecule has 0 saturated carbocycles. The minimum atomic E-state index is -0.102. The summed E-state index contributed by atoms with van der Waals surface area (Å²) in [6, 6.07) is 9.11. The third kappa shape index (κ3) is 2.04. The van der Waals surface area contributed by atoms with Crippen molar-refractivity contribution in [2.75, 3.05) is 9.80 Å². The van der Waals surface area contributed by atoms with Crippen molar-refractivity contribution >= 4 is 17.3 Å². The number of benzene rings is 1. The van der Waals surface area contributed by atoms with Crippen LogP contribution in [0.2, 0.25) is 0 Å². The predicted octanol–water partition coefficient (Wildman–Crippen LogP) is 5.43. The van der Waals surface area contributed by atoms with Crippen molar-refractivity contribution in [3.05, 3.63) is 54.9 Å². The number of hydrogen-bond acceptors (Lipinski definition) is 4. The Kier molecular flexibility index (Phi) is 4.06. The lowest BCUT2D eigenvalue weighted by Crippen LogP contribution is -2.64. The summed E-state index contributed by atoms with van der Waals surface area (Å²) in [7, 11) is 0. The highest BCUT2D eigenvalue weighted by atomic mass is 15.5. The highest BCUT2D eigenvalue weighted by molar-refractivity contribution is 5.83. The number of aromatic nitrogens is 2. The third-order valence-electron chi connectivity index (χ3n) is 7.07. The van der Waals surface area contributed by atoms with Gasteiger partial charge < -0.3 is 9.80 Å². The van der Waals surface area contributed by atoms with Crippen LogP contribution in [-0.4, -0.2) is 22.2 Å². The fourth-order valence-electron chi connectivity index (χ4n) is 5.57. The van der Waals surface area contributed by atoms with Gasteiger partial charge in [0.15, 0.2) is 11.6 Å². The molecule has 4 rings (SSSR count). The van der Waals surface area contributed by atoms with Crippen LogP contribution in [0, 0.1) is 5.41 Å². The average Bonchev–Trinajstić information content (AvgIpc) is 3.05. The van der Waals surface area contributed by atoms with E-state index in [1.54, 1.807) is 6.20 Å². The second-order valence-corrected chi connectivity index (χ2v) is 8.27. The molecule has 4 nitrogen and oxygen atoms in total. The molecule has 0 saturated heterocycles. The van der Waals surface area contributed by atoms with Crippen LogP contribution >= 0.6 is 0 Å². The number of hydrogen-bond donors (Lipinski definition) is 0. The van der Waals surface area contributed by atoms with Crippen LogP contribution in [0.1, 0.15) is 53.0 Å². The Labute approximate surface area is 162 Å². The number of fused-ring (bicyclic) bond motifs is 5. The molecule has 1 aromatic heterocycles. The van der Waals surface area contributed by atoms with Crippen LogP contribution in [0.25, 0.3) is 0 Å². The molecule has 4 heteroatoms. The molecule has 142 valence electrons. The van der Waals surface area contributed by atoms with Crippen molar-refractivity contribution in [2.45, 2.75) is 65.1 Å². The van der Waals surface area contributed by atoms with Crippen molar-refractivity contribution < 1.29 is 0 Å². The molecule has 0 radical (unpaired) electrons. The van der Waals surface area contributed by atoms with Crippen molar-refractivity contribution in [3.8, 4) is 0 Å². The van der Waals surface area contributed by atoms with Gasteiger partial charge in [-0.15, -0.1) is 6.58 Å². The number of para-hydroxylation sites is 1. The van der Waals surface area contributed by atoms with Gasteiger partial charge in [0.1, 0.15) is 6.17 Å². The van der Waals surface area contributed by atoms with Gasteiger partial charge in [0, 0.05) is 35.0 Å². The van der Waals surface area contributed by atoms with Gasteiger partial charge in [0.2, 0.25) is 0 Å². The van der Waals surface area contributed by atoms with E-state index in [0.29, 0.717) is 6.04 Å². The monoisotopic (exact) mass is 362 g/mol. The second-order valence-electron chi connectivity index (χ2n) is 8.27. The largest absolute Gasteiger partial charge is 0.330 e.